The fourth-order valence-corrected chi connectivity index (χ4v) is 13.1. The summed E-state index contributed by atoms with van der Waals surface area (Å²) in [5.41, 5.74) is -0.877. The normalized spacial score (nSPS) is 54.8. The van der Waals surface area contributed by atoms with E-state index in [0.717, 1.165) is 44.1 Å². The predicted molar refractivity (Wildman–Crippen MR) is 197 cm³/mol. The van der Waals surface area contributed by atoms with Crippen LogP contribution in [0.5, 0.6) is 0 Å². The number of aliphatic hydroxyl groups excluding tert-OH is 4. The second-order valence-electron chi connectivity index (χ2n) is 19.0. The van der Waals surface area contributed by atoms with Crippen LogP contribution < -0.4 is 0 Å². The number of cyclic esters (lactones) is 1. The third kappa shape index (κ3) is 7.02. The van der Waals surface area contributed by atoms with Gasteiger partial charge in [-0.1, -0.05) is 13.8 Å². The highest BCUT2D eigenvalue weighted by molar-refractivity contribution is 5.85. The first-order chi connectivity index (χ1) is 26.5. The Kier molecular flexibility index (Phi) is 11.6. The number of rotatable bonds is 8. The number of hydrogen-bond donors (Lipinski definition) is 5. The molecule has 4 aliphatic heterocycles. The van der Waals surface area contributed by atoms with Crippen LogP contribution in [0, 0.1) is 34.5 Å². The minimum absolute atomic E-state index is 0.0386. The van der Waals surface area contributed by atoms with Crippen LogP contribution in [0.2, 0.25) is 0 Å². The Morgan fingerprint density at radius 1 is 0.696 bits per heavy atom. The Morgan fingerprint density at radius 2 is 1.27 bits per heavy atom. The summed E-state index contributed by atoms with van der Waals surface area (Å²) in [6.45, 7) is 10.1. The molecule has 56 heavy (non-hydrogen) atoms. The molecule has 318 valence electrons. The Hall–Kier alpha value is -1.27. The molecule has 0 aromatic carbocycles. The summed E-state index contributed by atoms with van der Waals surface area (Å²) in [6.07, 6.45) is -0.0154. The zero-order chi connectivity index (χ0) is 39.9. The van der Waals surface area contributed by atoms with Crippen molar-refractivity contribution < 1.29 is 68.2 Å². The molecule has 5 N–H and O–H groups in total. The number of carbonyl (C=O) groups excluding carboxylic acids is 1. The summed E-state index contributed by atoms with van der Waals surface area (Å²) in [7, 11) is 1.53. The lowest BCUT2D eigenvalue weighted by atomic mass is 9.42. The molecular weight excluding hydrogens is 728 g/mol. The maximum atomic E-state index is 12.6. The monoisotopic (exact) mass is 794 g/mol. The molecule has 0 radical (unpaired) electrons. The van der Waals surface area contributed by atoms with Crippen molar-refractivity contribution in [3.8, 4) is 0 Å². The molecule has 7 fully saturated rings. The Morgan fingerprint density at radius 3 is 1.80 bits per heavy atom. The first kappa shape index (κ1) is 41.5. The summed E-state index contributed by atoms with van der Waals surface area (Å²) in [5.74, 6) is 0.223. The molecule has 4 saturated carbocycles. The van der Waals surface area contributed by atoms with Crippen LogP contribution in [0.15, 0.2) is 11.6 Å². The van der Waals surface area contributed by atoms with Crippen molar-refractivity contribution in [1.29, 1.82) is 0 Å². The van der Waals surface area contributed by atoms with Crippen molar-refractivity contribution >= 4 is 5.97 Å². The van der Waals surface area contributed by atoms with Gasteiger partial charge in [0.25, 0.3) is 0 Å². The molecule has 4 aliphatic carbocycles. The second-order valence-corrected chi connectivity index (χ2v) is 19.0. The van der Waals surface area contributed by atoms with Crippen molar-refractivity contribution in [2.45, 2.75) is 197 Å². The van der Waals surface area contributed by atoms with Gasteiger partial charge in [-0.25, -0.2) is 4.79 Å². The first-order valence-corrected chi connectivity index (χ1v) is 21.3. The van der Waals surface area contributed by atoms with Gasteiger partial charge in [-0.15, -0.1) is 0 Å². The maximum absolute atomic E-state index is 12.6. The number of hydrogen-bond acceptors (Lipinski definition) is 14. The van der Waals surface area contributed by atoms with Crippen molar-refractivity contribution in [2.24, 2.45) is 34.5 Å². The van der Waals surface area contributed by atoms with Gasteiger partial charge in [-0.3, -0.25) is 0 Å². The molecule has 0 bridgehead atoms. The third-order valence-electron chi connectivity index (χ3n) is 16.2. The smallest absolute Gasteiger partial charge is 0.331 e. The molecule has 4 heterocycles. The number of aliphatic hydroxyl groups is 5. The van der Waals surface area contributed by atoms with Crippen LogP contribution in [0.3, 0.4) is 0 Å². The van der Waals surface area contributed by atoms with Crippen LogP contribution in [-0.2, 0) is 42.7 Å². The highest BCUT2D eigenvalue weighted by Crippen LogP contribution is 2.70. The summed E-state index contributed by atoms with van der Waals surface area (Å²) in [6, 6.07) is 0. The molecule has 14 nitrogen and oxygen atoms in total. The van der Waals surface area contributed by atoms with E-state index in [4.69, 9.17) is 37.9 Å². The quantitative estimate of drug-likeness (QED) is 0.178. The SMILES string of the molecule is CO[C@H]1[C@@H](O)C[C@H](O[C@@H]2[C@@H](O)C[C@H](O[C@@H]3[C@@H](O)C[C@H](O[C@@H]4CC[C@@]5(C)[C@H](CC[C@@H]6[C@@H]5C[C@@H](O)[C@]5(C)[C@H](C7=CC(=O)OC7)CC[C@@]65O)C4)O[C@@H]3C)O[C@@H]2C)O[C@@H]1C. The fraction of sp³-hybridized carbons (Fsp3) is 0.929. The standard InChI is InChI=1S/C42H66O14/c1-20-37(49-6)29(43)16-35(51-20)55-39-22(3)53-36(18-31(39)45)56-38-21(2)52-34(17-30(38)44)54-25-9-11-40(4)24(14-25)7-8-27-28(40)15-32(46)41(5)26(10-12-42(27,41)48)23-13-33(47)50-19-23/h13,20-22,24-32,34-39,43-46,48H,7-12,14-19H2,1-6H3/t20-,21-,22-,24-,25-,26+,27-,28+,29+,30+,31+,32-,34+,35+,36+,37-,38+,39+,40+,41+,42-/m1/s1. The van der Waals surface area contributed by atoms with Crippen molar-refractivity contribution in [1.82, 2.24) is 0 Å². The van der Waals surface area contributed by atoms with E-state index < -0.39 is 84.8 Å². The summed E-state index contributed by atoms with van der Waals surface area (Å²) in [5, 5.41) is 57.3. The number of esters is 1. The second kappa shape index (κ2) is 15.6. The van der Waals surface area contributed by atoms with Gasteiger partial charge in [0.05, 0.1) is 54.4 Å². The molecule has 3 saturated heterocycles. The average molecular weight is 795 g/mol. The lowest BCUT2D eigenvalue weighted by molar-refractivity contribution is -0.336. The molecule has 8 aliphatic rings. The lowest BCUT2D eigenvalue weighted by Crippen LogP contribution is -2.67. The van der Waals surface area contributed by atoms with Gasteiger partial charge in [0.15, 0.2) is 18.9 Å². The molecule has 21 atom stereocenters. The third-order valence-corrected chi connectivity index (χ3v) is 16.2. The highest BCUT2D eigenvalue weighted by atomic mass is 16.7. The van der Waals surface area contributed by atoms with Crippen molar-refractivity contribution in [3.63, 3.8) is 0 Å². The zero-order valence-corrected chi connectivity index (χ0v) is 33.9. The Balaban J connectivity index is 0.832. The van der Waals surface area contributed by atoms with Gasteiger partial charge >= 0.3 is 5.97 Å². The minimum atomic E-state index is -1.01. The van der Waals surface area contributed by atoms with Crippen LogP contribution in [0.4, 0.5) is 0 Å². The van der Waals surface area contributed by atoms with Crippen LogP contribution in [0.25, 0.3) is 0 Å². The van der Waals surface area contributed by atoms with Crippen LogP contribution in [0.1, 0.15) is 105 Å². The molecule has 0 spiro atoms. The van der Waals surface area contributed by atoms with E-state index in [2.05, 4.69) is 6.92 Å². The lowest BCUT2D eigenvalue weighted by Gasteiger charge is -2.65. The van der Waals surface area contributed by atoms with Gasteiger partial charge in [-0.05, 0) is 107 Å². The maximum Gasteiger partial charge on any atom is 0.331 e. The summed E-state index contributed by atoms with van der Waals surface area (Å²) < 4.78 is 47.8. The van der Waals surface area contributed by atoms with Crippen LogP contribution in [-0.4, -0.2) is 137 Å². The topological polar surface area (TPSA) is 192 Å². The Bertz CT molecular complexity index is 1430. The van der Waals surface area contributed by atoms with E-state index in [-0.39, 0.29) is 67.2 Å². The number of ether oxygens (including phenoxy) is 8. The average Bonchev–Trinajstić information content (AvgIpc) is 3.68. The number of methoxy groups -OCH3 is 1. The zero-order valence-electron chi connectivity index (χ0n) is 33.9. The molecule has 0 amide bonds. The molecule has 0 aromatic heterocycles. The van der Waals surface area contributed by atoms with Crippen molar-refractivity contribution in [2.75, 3.05) is 13.7 Å². The molecule has 8 rings (SSSR count). The van der Waals surface area contributed by atoms with Gasteiger partial charge in [0.2, 0.25) is 0 Å². The van der Waals surface area contributed by atoms with Gasteiger partial charge < -0.3 is 63.4 Å². The number of fused-ring (bicyclic) bond motifs is 5. The van der Waals surface area contributed by atoms with Gasteiger partial charge in [0, 0.05) is 37.9 Å². The summed E-state index contributed by atoms with van der Waals surface area (Å²) in [4.78, 5) is 12.0. The van der Waals surface area contributed by atoms with Gasteiger partial charge in [-0.2, -0.15) is 0 Å². The van der Waals surface area contributed by atoms with E-state index in [1.54, 1.807) is 13.0 Å². The van der Waals surface area contributed by atoms with Gasteiger partial charge in [0.1, 0.15) is 24.9 Å². The Labute approximate surface area is 330 Å². The van der Waals surface area contributed by atoms with E-state index in [9.17, 15) is 30.3 Å². The van der Waals surface area contributed by atoms with E-state index in [1.165, 1.54) is 7.11 Å². The number of carbonyl (C=O) groups is 1. The van der Waals surface area contributed by atoms with E-state index in [1.807, 2.05) is 20.8 Å². The molecule has 14 heteroatoms. The van der Waals surface area contributed by atoms with Crippen molar-refractivity contribution in [3.05, 3.63) is 11.6 Å². The predicted octanol–water partition coefficient (Wildman–Crippen LogP) is 2.87. The largest absolute Gasteiger partial charge is 0.458 e. The van der Waals surface area contributed by atoms with E-state index >= 15 is 0 Å². The fourth-order valence-electron chi connectivity index (χ4n) is 13.1. The summed E-state index contributed by atoms with van der Waals surface area (Å²) >= 11 is 0. The molecule has 0 aromatic rings. The highest BCUT2D eigenvalue weighted by Gasteiger charge is 2.71. The van der Waals surface area contributed by atoms with E-state index in [0.29, 0.717) is 18.8 Å². The molecular formula is C42H66O14. The van der Waals surface area contributed by atoms with Crippen LogP contribution >= 0.6 is 0 Å². The molecule has 0 unspecified atom stereocenters. The first-order valence-electron chi connectivity index (χ1n) is 21.3. The minimum Gasteiger partial charge on any atom is -0.458 e.